The lowest BCUT2D eigenvalue weighted by molar-refractivity contribution is -0.115. The van der Waals surface area contributed by atoms with E-state index in [-0.39, 0.29) is 18.1 Å². The second-order valence-electron chi connectivity index (χ2n) is 3.70. The Balaban J connectivity index is 2.01. The summed E-state index contributed by atoms with van der Waals surface area (Å²) in [5.41, 5.74) is 0.376. The smallest absolute Gasteiger partial charge is 0.229 e. The van der Waals surface area contributed by atoms with Crippen LogP contribution < -0.4 is 5.32 Å². The molecule has 0 aliphatic heterocycles. The highest BCUT2D eigenvalue weighted by Gasteiger charge is 2.08. The molecular formula is C12H8BrF2N3O. The van der Waals surface area contributed by atoms with Gasteiger partial charge in [0, 0.05) is 0 Å². The van der Waals surface area contributed by atoms with Gasteiger partial charge in [0.25, 0.3) is 0 Å². The number of nitrogens with zero attached hydrogens (tertiary/aromatic N) is 2. The topological polar surface area (TPSA) is 54.9 Å². The second kappa shape index (κ2) is 5.83. The van der Waals surface area contributed by atoms with Crippen molar-refractivity contribution in [3.8, 4) is 0 Å². The van der Waals surface area contributed by atoms with Crippen molar-refractivity contribution in [2.45, 2.75) is 6.42 Å². The Bertz CT molecular complexity index is 604. The van der Waals surface area contributed by atoms with E-state index >= 15 is 0 Å². The molecule has 1 amide bonds. The molecule has 1 aromatic heterocycles. The van der Waals surface area contributed by atoms with Gasteiger partial charge in [0.05, 0.1) is 18.8 Å². The molecule has 2 rings (SSSR count). The molecule has 7 heteroatoms. The number of rotatable bonds is 3. The van der Waals surface area contributed by atoms with Crippen molar-refractivity contribution in [2.24, 2.45) is 0 Å². The molecule has 0 bridgehead atoms. The Labute approximate surface area is 116 Å². The zero-order valence-electron chi connectivity index (χ0n) is 9.53. The number of anilines is 1. The van der Waals surface area contributed by atoms with Crippen molar-refractivity contribution < 1.29 is 13.6 Å². The van der Waals surface area contributed by atoms with E-state index in [0.29, 0.717) is 10.2 Å². The molecule has 0 aliphatic rings. The summed E-state index contributed by atoms with van der Waals surface area (Å²) in [6.45, 7) is 0. The Kier molecular flexibility index (Phi) is 4.16. The fourth-order valence-electron chi connectivity index (χ4n) is 1.40. The van der Waals surface area contributed by atoms with Crippen molar-refractivity contribution >= 4 is 27.7 Å². The molecule has 1 N–H and O–H groups in total. The predicted octanol–water partition coefficient (Wildman–Crippen LogP) is 2.70. The molecule has 0 saturated carbocycles. The van der Waals surface area contributed by atoms with Crippen molar-refractivity contribution in [1.82, 2.24) is 9.97 Å². The van der Waals surface area contributed by atoms with Crippen LogP contribution in [0.4, 0.5) is 14.6 Å². The largest absolute Gasteiger partial charge is 0.309 e. The second-order valence-corrected chi connectivity index (χ2v) is 4.51. The highest BCUT2D eigenvalue weighted by atomic mass is 79.9. The normalized spacial score (nSPS) is 10.3. The number of hydrogen-bond acceptors (Lipinski definition) is 3. The average molecular weight is 328 g/mol. The maximum absolute atomic E-state index is 13.0. The van der Waals surface area contributed by atoms with Crippen LogP contribution in [0.3, 0.4) is 0 Å². The SMILES string of the molecule is O=C(Cc1ccc(F)c(F)c1)Nc1cnc(Br)cn1. The fraction of sp³-hybridized carbons (Fsp3) is 0.0833. The first-order valence-electron chi connectivity index (χ1n) is 5.26. The molecular weight excluding hydrogens is 320 g/mol. The van der Waals surface area contributed by atoms with Gasteiger partial charge in [-0.15, -0.1) is 0 Å². The maximum Gasteiger partial charge on any atom is 0.229 e. The summed E-state index contributed by atoms with van der Waals surface area (Å²) < 4.78 is 26.2. The van der Waals surface area contributed by atoms with Crippen LogP contribution in [0.5, 0.6) is 0 Å². The number of hydrogen-bond donors (Lipinski definition) is 1. The third-order valence-electron chi connectivity index (χ3n) is 2.24. The van der Waals surface area contributed by atoms with E-state index < -0.39 is 11.6 Å². The lowest BCUT2D eigenvalue weighted by atomic mass is 10.1. The van der Waals surface area contributed by atoms with Crippen molar-refractivity contribution in [3.05, 3.63) is 52.4 Å². The zero-order chi connectivity index (χ0) is 13.8. The van der Waals surface area contributed by atoms with Gasteiger partial charge in [-0.25, -0.2) is 18.7 Å². The van der Waals surface area contributed by atoms with Gasteiger partial charge in [0.1, 0.15) is 4.60 Å². The number of aromatic nitrogens is 2. The summed E-state index contributed by atoms with van der Waals surface area (Å²) in [5.74, 6) is -2.02. The summed E-state index contributed by atoms with van der Waals surface area (Å²) >= 11 is 3.12. The van der Waals surface area contributed by atoms with Crippen LogP contribution in [0, 0.1) is 11.6 Å². The van der Waals surface area contributed by atoms with Crippen molar-refractivity contribution in [3.63, 3.8) is 0 Å². The first kappa shape index (κ1) is 13.5. The van der Waals surface area contributed by atoms with Crippen LogP contribution in [-0.4, -0.2) is 15.9 Å². The minimum absolute atomic E-state index is 0.0745. The summed E-state index contributed by atoms with van der Waals surface area (Å²) in [7, 11) is 0. The number of carbonyl (C=O) groups is 1. The summed E-state index contributed by atoms with van der Waals surface area (Å²) in [4.78, 5) is 19.5. The molecule has 1 heterocycles. The minimum atomic E-state index is -0.978. The molecule has 0 fully saturated rings. The van der Waals surface area contributed by atoms with Crippen LogP contribution in [0.2, 0.25) is 0 Å². The summed E-state index contributed by atoms with van der Waals surface area (Å²) in [6.07, 6.45) is 2.75. The lowest BCUT2D eigenvalue weighted by Gasteiger charge is -2.04. The van der Waals surface area contributed by atoms with Gasteiger partial charge in [-0.2, -0.15) is 0 Å². The highest BCUT2D eigenvalue weighted by Crippen LogP contribution is 2.11. The Morgan fingerprint density at radius 2 is 2.00 bits per heavy atom. The molecule has 1 aromatic carbocycles. The van der Waals surface area contributed by atoms with E-state index in [4.69, 9.17) is 0 Å². The van der Waals surface area contributed by atoms with Crippen LogP contribution in [0.25, 0.3) is 0 Å². The Morgan fingerprint density at radius 3 is 2.63 bits per heavy atom. The van der Waals surface area contributed by atoms with Crippen LogP contribution in [0.15, 0.2) is 35.2 Å². The minimum Gasteiger partial charge on any atom is -0.309 e. The molecule has 0 atom stereocenters. The third kappa shape index (κ3) is 3.78. The Morgan fingerprint density at radius 1 is 1.21 bits per heavy atom. The highest BCUT2D eigenvalue weighted by molar-refractivity contribution is 9.10. The molecule has 0 radical (unpaired) electrons. The van der Waals surface area contributed by atoms with Gasteiger partial charge in [0.15, 0.2) is 17.5 Å². The molecule has 0 unspecified atom stereocenters. The number of amides is 1. The number of carbonyl (C=O) groups excluding carboxylic acids is 1. The monoisotopic (exact) mass is 327 g/mol. The van der Waals surface area contributed by atoms with Gasteiger partial charge in [0.2, 0.25) is 5.91 Å². The standard InChI is InChI=1S/C12H8BrF2N3O/c13-10-5-17-11(6-16-10)18-12(19)4-7-1-2-8(14)9(15)3-7/h1-3,5-6H,4H2,(H,17,18,19). The molecule has 4 nitrogen and oxygen atoms in total. The third-order valence-corrected chi connectivity index (χ3v) is 2.65. The molecule has 0 spiro atoms. The van der Waals surface area contributed by atoms with Gasteiger partial charge < -0.3 is 5.32 Å². The number of halogens is 3. The lowest BCUT2D eigenvalue weighted by Crippen LogP contribution is -2.15. The van der Waals surface area contributed by atoms with Gasteiger partial charge in [-0.1, -0.05) is 6.07 Å². The number of nitrogens with one attached hydrogen (secondary N) is 1. The van der Waals surface area contributed by atoms with E-state index in [1.54, 1.807) is 0 Å². The van der Waals surface area contributed by atoms with E-state index in [2.05, 4.69) is 31.2 Å². The van der Waals surface area contributed by atoms with Crippen molar-refractivity contribution in [2.75, 3.05) is 5.32 Å². The summed E-state index contributed by atoms with van der Waals surface area (Å²) in [5, 5.41) is 2.50. The Hall–Kier alpha value is -1.89. The van der Waals surface area contributed by atoms with Crippen LogP contribution in [0.1, 0.15) is 5.56 Å². The van der Waals surface area contributed by atoms with Crippen LogP contribution >= 0.6 is 15.9 Å². The molecule has 98 valence electrons. The van der Waals surface area contributed by atoms with Gasteiger partial charge in [-0.3, -0.25) is 4.79 Å². The van der Waals surface area contributed by atoms with Crippen molar-refractivity contribution in [1.29, 1.82) is 0 Å². The number of benzene rings is 1. The summed E-state index contributed by atoms with van der Waals surface area (Å²) in [6, 6.07) is 3.32. The van der Waals surface area contributed by atoms with E-state index in [9.17, 15) is 13.6 Å². The molecule has 0 aliphatic carbocycles. The van der Waals surface area contributed by atoms with Crippen LogP contribution in [-0.2, 0) is 11.2 Å². The van der Waals surface area contributed by atoms with E-state index in [0.717, 1.165) is 12.1 Å². The quantitative estimate of drug-likeness (QED) is 0.943. The molecule has 0 saturated heterocycles. The van der Waals surface area contributed by atoms with E-state index in [1.807, 2.05) is 0 Å². The molecule has 2 aromatic rings. The maximum atomic E-state index is 13.0. The average Bonchev–Trinajstić information content (AvgIpc) is 2.37. The zero-order valence-corrected chi connectivity index (χ0v) is 11.1. The predicted molar refractivity (Wildman–Crippen MR) is 68.4 cm³/mol. The molecule has 19 heavy (non-hydrogen) atoms. The van der Waals surface area contributed by atoms with E-state index in [1.165, 1.54) is 18.5 Å². The first-order chi connectivity index (χ1) is 9.04. The first-order valence-corrected chi connectivity index (χ1v) is 6.05. The van der Waals surface area contributed by atoms with Gasteiger partial charge >= 0.3 is 0 Å². The fourth-order valence-corrected chi connectivity index (χ4v) is 1.60. The van der Waals surface area contributed by atoms with Gasteiger partial charge in [-0.05, 0) is 33.6 Å².